The molecule has 1 aliphatic heterocycles. The maximum absolute atomic E-state index is 12.4. The number of nitrogens with zero attached hydrogens (tertiary/aromatic N) is 2. The van der Waals surface area contributed by atoms with Crippen LogP contribution >= 0.6 is 0 Å². The highest BCUT2D eigenvalue weighted by Crippen LogP contribution is 2.21. The number of rotatable bonds is 6. The van der Waals surface area contributed by atoms with Crippen molar-refractivity contribution in [3.63, 3.8) is 0 Å². The van der Waals surface area contributed by atoms with Gasteiger partial charge in [0.1, 0.15) is 0 Å². The first-order valence-corrected chi connectivity index (χ1v) is 9.04. The number of carbonyl (C=O) groups excluding carboxylic acids is 1. The first-order chi connectivity index (χ1) is 12.3. The molecule has 1 aliphatic rings. The number of hydrogen-bond acceptors (Lipinski definition) is 3. The van der Waals surface area contributed by atoms with E-state index in [1.54, 1.807) is 12.4 Å². The normalized spacial score (nSPS) is 16.2. The van der Waals surface area contributed by atoms with Crippen LogP contribution in [0.4, 0.5) is 4.79 Å². The first-order valence-electron chi connectivity index (χ1n) is 9.04. The molecule has 2 amide bonds. The second kappa shape index (κ2) is 9.18. The molecular weight excluding hydrogens is 312 g/mol. The molecule has 1 fully saturated rings. The molecule has 3 rings (SSSR count). The van der Waals surface area contributed by atoms with Crippen molar-refractivity contribution >= 4 is 6.03 Å². The molecule has 2 N–H and O–H groups in total. The lowest BCUT2D eigenvalue weighted by Crippen LogP contribution is -2.43. The summed E-state index contributed by atoms with van der Waals surface area (Å²) in [5.74, 6) is 0. The fourth-order valence-electron chi connectivity index (χ4n) is 3.25. The monoisotopic (exact) mass is 338 g/mol. The molecule has 1 aromatic carbocycles. The largest absolute Gasteiger partial charge is 0.337 e. The molecule has 1 aromatic heterocycles. The molecule has 1 saturated heterocycles. The standard InChI is InChI=1S/C20H26N4O/c25-20(22-13-16-24-14-5-2-6-15-24)23-19(17-7-3-1-4-8-17)18-9-11-21-12-10-18/h1,3-4,7-12,19H,2,5-6,13-16H2,(H2,22,23,25)/t19-/m1/s1. The number of benzene rings is 1. The first kappa shape index (κ1) is 17.4. The molecule has 0 bridgehead atoms. The van der Waals surface area contributed by atoms with Crippen molar-refractivity contribution in [2.45, 2.75) is 25.3 Å². The summed E-state index contributed by atoms with van der Waals surface area (Å²) in [7, 11) is 0. The molecule has 5 heteroatoms. The van der Waals surface area contributed by atoms with E-state index in [0.29, 0.717) is 6.54 Å². The molecule has 0 spiro atoms. The van der Waals surface area contributed by atoms with Crippen LogP contribution in [0, 0.1) is 0 Å². The number of pyridine rings is 1. The third-order valence-corrected chi connectivity index (χ3v) is 4.61. The molecule has 5 nitrogen and oxygen atoms in total. The number of urea groups is 1. The van der Waals surface area contributed by atoms with Gasteiger partial charge in [0.2, 0.25) is 0 Å². The number of aromatic nitrogens is 1. The van der Waals surface area contributed by atoms with Gasteiger partial charge in [-0.1, -0.05) is 36.8 Å². The Hall–Kier alpha value is -2.40. The van der Waals surface area contributed by atoms with Crippen LogP contribution in [0.2, 0.25) is 0 Å². The van der Waals surface area contributed by atoms with Gasteiger partial charge in [-0.05, 0) is 49.2 Å². The van der Waals surface area contributed by atoms with Gasteiger partial charge >= 0.3 is 6.03 Å². The number of likely N-dealkylation sites (tertiary alicyclic amines) is 1. The molecule has 2 heterocycles. The maximum atomic E-state index is 12.4. The minimum absolute atomic E-state index is 0.136. The average Bonchev–Trinajstić information content (AvgIpc) is 2.68. The highest BCUT2D eigenvalue weighted by Gasteiger charge is 2.17. The van der Waals surface area contributed by atoms with Crippen LogP contribution in [0.25, 0.3) is 0 Å². The Labute approximate surface area is 149 Å². The molecule has 132 valence electrons. The molecule has 2 aromatic rings. The van der Waals surface area contributed by atoms with Crippen LogP contribution in [0.1, 0.15) is 36.4 Å². The van der Waals surface area contributed by atoms with Crippen LogP contribution in [0.5, 0.6) is 0 Å². The van der Waals surface area contributed by atoms with Crippen LogP contribution in [-0.4, -0.2) is 42.1 Å². The zero-order valence-corrected chi connectivity index (χ0v) is 14.5. The van der Waals surface area contributed by atoms with Gasteiger partial charge in [0.25, 0.3) is 0 Å². The van der Waals surface area contributed by atoms with Crippen molar-refractivity contribution in [3.8, 4) is 0 Å². The van der Waals surface area contributed by atoms with Crippen LogP contribution in [0.3, 0.4) is 0 Å². The van der Waals surface area contributed by atoms with E-state index in [9.17, 15) is 4.79 Å². The average molecular weight is 338 g/mol. The molecule has 0 radical (unpaired) electrons. The van der Waals surface area contributed by atoms with Gasteiger partial charge in [-0.2, -0.15) is 0 Å². The number of hydrogen-bond donors (Lipinski definition) is 2. The molecule has 0 aliphatic carbocycles. The van der Waals surface area contributed by atoms with E-state index in [-0.39, 0.29) is 12.1 Å². The molecular formula is C20H26N4O. The SMILES string of the molecule is O=C(NCCN1CCCCC1)N[C@H](c1ccccc1)c1ccncc1. The Kier molecular flexibility index (Phi) is 6.40. The highest BCUT2D eigenvalue weighted by molar-refractivity contribution is 5.75. The molecule has 1 atom stereocenters. The lowest BCUT2D eigenvalue weighted by molar-refractivity contribution is 0.219. The highest BCUT2D eigenvalue weighted by atomic mass is 16.2. The summed E-state index contributed by atoms with van der Waals surface area (Å²) in [4.78, 5) is 18.9. The quantitative estimate of drug-likeness (QED) is 0.851. The van der Waals surface area contributed by atoms with Crippen molar-refractivity contribution in [3.05, 3.63) is 66.0 Å². The summed E-state index contributed by atoms with van der Waals surface area (Å²) < 4.78 is 0. The topological polar surface area (TPSA) is 57.3 Å². The minimum atomic E-state index is -0.181. The second-order valence-electron chi connectivity index (χ2n) is 6.43. The predicted octanol–water partition coefficient (Wildman–Crippen LogP) is 2.96. The van der Waals surface area contributed by atoms with E-state index < -0.39 is 0 Å². The predicted molar refractivity (Wildman–Crippen MR) is 99.3 cm³/mol. The van der Waals surface area contributed by atoms with E-state index in [4.69, 9.17) is 0 Å². The van der Waals surface area contributed by atoms with Gasteiger partial charge < -0.3 is 15.5 Å². The van der Waals surface area contributed by atoms with Gasteiger partial charge in [-0.3, -0.25) is 4.98 Å². The van der Waals surface area contributed by atoms with Crippen LogP contribution in [-0.2, 0) is 0 Å². The summed E-state index contributed by atoms with van der Waals surface area (Å²) in [5, 5.41) is 6.08. The maximum Gasteiger partial charge on any atom is 0.315 e. The van der Waals surface area contributed by atoms with E-state index in [1.165, 1.54) is 19.3 Å². The Morgan fingerprint density at radius 3 is 2.40 bits per heavy atom. The fraction of sp³-hybridized carbons (Fsp3) is 0.400. The Balaban J connectivity index is 1.57. The third-order valence-electron chi connectivity index (χ3n) is 4.61. The van der Waals surface area contributed by atoms with Crippen molar-refractivity contribution in [2.75, 3.05) is 26.2 Å². The lowest BCUT2D eigenvalue weighted by Gasteiger charge is -2.26. The van der Waals surface area contributed by atoms with E-state index in [1.807, 2.05) is 42.5 Å². The Morgan fingerprint density at radius 2 is 1.68 bits per heavy atom. The van der Waals surface area contributed by atoms with Gasteiger partial charge in [0.15, 0.2) is 0 Å². The number of piperidine rings is 1. The van der Waals surface area contributed by atoms with Crippen molar-refractivity contribution in [1.82, 2.24) is 20.5 Å². The summed E-state index contributed by atoms with van der Waals surface area (Å²) in [5.41, 5.74) is 2.08. The van der Waals surface area contributed by atoms with Crippen LogP contribution in [0.15, 0.2) is 54.9 Å². The van der Waals surface area contributed by atoms with Gasteiger partial charge in [0, 0.05) is 25.5 Å². The zero-order valence-electron chi connectivity index (χ0n) is 14.5. The zero-order chi connectivity index (χ0) is 17.3. The van der Waals surface area contributed by atoms with Crippen molar-refractivity contribution in [1.29, 1.82) is 0 Å². The molecule has 0 saturated carbocycles. The molecule has 25 heavy (non-hydrogen) atoms. The third kappa shape index (κ3) is 5.29. The number of nitrogens with one attached hydrogen (secondary N) is 2. The second-order valence-corrected chi connectivity index (χ2v) is 6.43. The smallest absolute Gasteiger partial charge is 0.315 e. The summed E-state index contributed by atoms with van der Waals surface area (Å²) in [6, 6.07) is 13.6. The van der Waals surface area contributed by atoms with E-state index >= 15 is 0 Å². The van der Waals surface area contributed by atoms with Crippen molar-refractivity contribution in [2.24, 2.45) is 0 Å². The summed E-state index contributed by atoms with van der Waals surface area (Å²) in [6.45, 7) is 3.88. The van der Waals surface area contributed by atoms with Crippen molar-refractivity contribution < 1.29 is 4.79 Å². The van der Waals surface area contributed by atoms with Crippen LogP contribution < -0.4 is 10.6 Å². The van der Waals surface area contributed by atoms with Gasteiger partial charge in [-0.25, -0.2) is 4.79 Å². The minimum Gasteiger partial charge on any atom is -0.337 e. The Morgan fingerprint density at radius 1 is 1.00 bits per heavy atom. The lowest BCUT2D eigenvalue weighted by atomic mass is 10.00. The molecule has 0 unspecified atom stereocenters. The number of carbonyl (C=O) groups is 1. The number of amides is 2. The summed E-state index contributed by atoms with van der Waals surface area (Å²) in [6.07, 6.45) is 7.37. The fourth-order valence-corrected chi connectivity index (χ4v) is 3.25. The van der Waals surface area contributed by atoms with E-state index in [2.05, 4.69) is 20.5 Å². The van der Waals surface area contributed by atoms with Gasteiger partial charge in [-0.15, -0.1) is 0 Å². The van der Waals surface area contributed by atoms with Gasteiger partial charge in [0.05, 0.1) is 6.04 Å². The van der Waals surface area contributed by atoms with E-state index in [0.717, 1.165) is 30.8 Å². The Bertz CT molecular complexity index is 602. The summed E-state index contributed by atoms with van der Waals surface area (Å²) >= 11 is 0.